The molecule has 0 unspecified atom stereocenters. The number of aromatic nitrogens is 1. The highest BCUT2D eigenvalue weighted by atomic mass is 35.5. The number of halogens is 2. The quantitative estimate of drug-likeness (QED) is 0.618. The number of amides is 1. The molecule has 6 nitrogen and oxygen atoms in total. The molecule has 3 rings (SSSR count). The first-order valence-electron chi connectivity index (χ1n) is 8.26. The van der Waals surface area contributed by atoms with E-state index in [1.54, 1.807) is 42.2 Å². The molecule has 0 aliphatic rings. The number of aromatic carboxylic acids is 1. The van der Waals surface area contributed by atoms with Crippen molar-refractivity contribution in [2.75, 3.05) is 25.5 Å². The summed E-state index contributed by atoms with van der Waals surface area (Å²) in [6.07, 6.45) is 1.70. The van der Waals surface area contributed by atoms with Gasteiger partial charge in [-0.3, -0.25) is 4.79 Å². The molecule has 1 heterocycles. The number of benzene rings is 2. The Balaban J connectivity index is 1.92. The van der Waals surface area contributed by atoms with Crippen molar-refractivity contribution in [3.8, 4) is 0 Å². The first-order chi connectivity index (χ1) is 13.3. The van der Waals surface area contributed by atoms with E-state index in [1.165, 1.54) is 23.5 Å². The molecule has 146 valence electrons. The summed E-state index contributed by atoms with van der Waals surface area (Å²) in [4.78, 5) is 31.6. The van der Waals surface area contributed by atoms with Crippen molar-refractivity contribution in [2.24, 2.45) is 0 Å². The molecule has 28 heavy (non-hydrogen) atoms. The normalized spacial score (nSPS) is 10.9. The molecular formula is C19H17Cl2N3O3S. The van der Waals surface area contributed by atoms with Crippen LogP contribution in [-0.2, 0) is 11.3 Å². The van der Waals surface area contributed by atoms with Gasteiger partial charge in [0, 0.05) is 41.8 Å². The number of carbonyl (C=O) groups is 2. The maximum Gasteiger partial charge on any atom is 0.335 e. The van der Waals surface area contributed by atoms with E-state index >= 15 is 0 Å². The molecule has 0 atom stereocenters. The van der Waals surface area contributed by atoms with Gasteiger partial charge in [0.2, 0.25) is 5.91 Å². The van der Waals surface area contributed by atoms with Crippen LogP contribution in [0.2, 0.25) is 10.0 Å². The van der Waals surface area contributed by atoms with Gasteiger partial charge >= 0.3 is 5.97 Å². The minimum Gasteiger partial charge on any atom is -0.478 e. The number of fused-ring (bicyclic) bond motifs is 1. The second-order valence-electron chi connectivity index (χ2n) is 6.32. The Morgan fingerprint density at radius 2 is 1.93 bits per heavy atom. The van der Waals surface area contributed by atoms with Gasteiger partial charge in [0.25, 0.3) is 0 Å². The minimum atomic E-state index is -1.07. The van der Waals surface area contributed by atoms with Crippen molar-refractivity contribution >= 4 is 62.9 Å². The average molecular weight is 438 g/mol. The van der Waals surface area contributed by atoms with Gasteiger partial charge in [0.1, 0.15) is 5.01 Å². The zero-order chi connectivity index (χ0) is 20.4. The number of anilines is 1. The summed E-state index contributed by atoms with van der Waals surface area (Å²) in [6.45, 7) is 0.468. The maximum atomic E-state index is 12.6. The lowest BCUT2D eigenvalue weighted by Gasteiger charge is -2.25. The summed E-state index contributed by atoms with van der Waals surface area (Å²) in [5.74, 6) is -1.20. The van der Waals surface area contributed by atoms with E-state index in [9.17, 15) is 14.7 Å². The monoisotopic (exact) mass is 437 g/mol. The van der Waals surface area contributed by atoms with Crippen molar-refractivity contribution in [1.29, 1.82) is 0 Å². The van der Waals surface area contributed by atoms with Crippen molar-refractivity contribution in [1.82, 2.24) is 9.88 Å². The molecule has 0 bridgehead atoms. The number of likely N-dealkylation sites (N-methyl/N-ethyl adjacent to an activating group) is 2. The molecule has 0 fully saturated rings. The summed E-state index contributed by atoms with van der Waals surface area (Å²) >= 11 is 13.9. The lowest BCUT2D eigenvalue weighted by molar-refractivity contribution is -0.128. The molecule has 0 radical (unpaired) electrons. The Morgan fingerprint density at radius 1 is 1.18 bits per heavy atom. The smallest absolute Gasteiger partial charge is 0.335 e. The first-order valence-corrected chi connectivity index (χ1v) is 9.89. The second kappa shape index (κ2) is 8.34. The summed E-state index contributed by atoms with van der Waals surface area (Å²) < 4.78 is 0. The number of carbonyl (C=O) groups excluding carboxylic acids is 1. The third kappa shape index (κ3) is 4.38. The van der Waals surface area contributed by atoms with Crippen LogP contribution in [0.5, 0.6) is 0 Å². The van der Waals surface area contributed by atoms with Gasteiger partial charge in [-0.1, -0.05) is 23.2 Å². The lowest BCUT2D eigenvalue weighted by atomic mass is 10.0. The molecule has 0 aliphatic carbocycles. The second-order valence-corrected chi connectivity index (χ2v) is 8.14. The van der Waals surface area contributed by atoms with Gasteiger partial charge in [-0.25, -0.2) is 9.78 Å². The highest BCUT2D eigenvalue weighted by Crippen LogP contribution is 2.36. The van der Waals surface area contributed by atoms with Gasteiger partial charge in [0.15, 0.2) is 0 Å². The van der Waals surface area contributed by atoms with Crippen LogP contribution in [0, 0.1) is 0 Å². The number of thiazole rings is 1. The van der Waals surface area contributed by atoms with Crippen LogP contribution in [-0.4, -0.2) is 47.5 Å². The molecule has 9 heteroatoms. The molecule has 1 aromatic heterocycles. The van der Waals surface area contributed by atoms with Crippen LogP contribution >= 0.6 is 34.5 Å². The summed E-state index contributed by atoms with van der Waals surface area (Å²) in [7, 11) is 3.43. The molecule has 0 saturated carbocycles. The van der Waals surface area contributed by atoms with Crippen LogP contribution in [0.3, 0.4) is 0 Å². The number of carboxylic acid groups (broad SMARTS) is 1. The number of rotatable bonds is 6. The Labute approximate surface area is 175 Å². The Kier molecular flexibility index (Phi) is 6.07. The standard InChI is InChI=1S/C19H17Cl2N3O3S/c1-23(10-17(25)24(2)9-16-22-3-4-28-16)15-7-12(19(26)27)5-11-6-13(20)8-14(21)18(11)15/h3-8H,9-10H2,1-2H3,(H,26,27). The van der Waals surface area contributed by atoms with Gasteiger partial charge in [0.05, 0.1) is 23.7 Å². The fraction of sp³-hybridized carbons (Fsp3) is 0.211. The SMILES string of the molecule is CN(Cc1nccs1)C(=O)CN(C)c1cc(C(=O)O)cc2cc(Cl)cc(Cl)c12. The number of hydrogen-bond acceptors (Lipinski definition) is 5. The number of carboxylic acids is 1. The third-order valence-corrected chi connectivity index (χ3v) is 5.54. The predicted octanol–water partition coefficient (Wildman–Crippen LogP) is 4.40. The van der Waals surface area contributed by atoms with Gasteiger partial charge in [-0.05, 0) is 29.7 Å². The fourth-order valence-electron chi connectivity index (χ4n) is 2.86. The van der Waals surface area contributed by atoms with Crippen LogP contribution in [0.15, 0.2) is 35.8 Å². The summed E-state index contributed by atoms with van der Waals surface area (Å²) in [5.41, 5.74) is 0.642. The summed E-state index contributed by atoms with van der Waals surface area (Å²) in [5, 5.41) is 14.2. The Bertz CT molecular complexity index is 1040. The van der Waals surface area contributed by atoms with Crippen molar-refractivity contribution in [3.05, 3.63) is 56.5 Å². The van der Waals surface area contributed by atoms with E-state index in [2.05, 4.69) is 4.98 Å². The average Bonchev–Trinajstić information content (AvgIpc) is 3.13. The third-order valence-electron chi connectivity index (χ3n) is 4.26. The van der Waals surface area contributed by atoms with E-state index in [0.29, 0.717) is 33.0 Å². The van der Waals surface area contributed by atoms with Gasteiger partial charge < -0.3 is 14.9 Å². The first kappa shape index (κ1) is 20.4. The number of hydrogen-bond donors (Lipinski definition) is 1. The predicted molar refractivity (Wildman–Crippen MR) is 113 cm³/mol. The van der Waals surface area contributed by atoms with E-state index < -0.39 is 5.97 Å². The molecular weight excluding hydrogens is 421 g/mol. The van der Waals surface area contributed by atoms with Gasteiger partial charge in [-0.2, -0.15) is 0 Å². The molecule has 2 aromatic carbocycles. The summed E-state index contributed by atoms with van der Waals surface area (Å²) in [6, 6.07) is 6.28. The van der Waals surface area contributed by atoms with Crippen LogP contribution in [0.4, 0.5) is 5.69 Å². The largest absolute Gasteiger partial charge is 0.478 e. The van der Waals surface area contributed by atoms with Crippen LogP contribution in [0.1, 0.15) is 15.4 Å². The Morgan fingerprint density at radius 3 is 2.57 bits per heavy atom. The molecule has 0 spiro atoms. The highest BCUT2D eigenvalue weighted by Gasteiger charge is 2.19. The molecule has 0 saturated heterocycles. The van der Waals surface area contributed by atoms with Crippen molar-refractivity contribution in [3.63, 3.8) is 0 Å². The highest BCUT2D eigenvalue weighted by molar-refractivity contribution is 7.09. The topological polar surface area (TPSA) is 73.7 Å². The fourth-order valence-corrected chi connectivity index (χ4v) is 4.14. The van der Waals surface area contributed by atoms with Crippen molar-refractivity contribution in [2.45, 2.75) is 6.54 Å². The maximum absolute atomic E-state index is 12.6. The zero-order valence-corrected chi connectivity index (χ0v) is 17.5. The van der Waals surface area contributed by atoms with Crippen molar-refractivity contribution < 1.29 is 14.7 Å². The van der Waals surface area contributed by atoms with Crippen LogP contribution < -0.4 is 4.90 Å². The van der Waals surface area contributed by atoms with E-state index in [1.807, 2.05) is 5.38 Å². The molecule has 1 N–H and O–H groups in total. The number of nitrogens with zero attached hydrogens (tertiary/aromatic N) is 3. The van der Waals surface area contributed by atoms with Crippen LogP contribution in [0.25, 0.3) is 10.8 Å². The molecule has 3 aromatic rings. The van der Waals surface area contributed by atoms with E-state index in [4.69, 9.17) is 23.2 Å². The minimum absolute atomic E-state index is 0.0546. The molecule has 0 aliphatic heterocycles. The Hall–Kier alpha value is -2.35. The van der Waals surface area contributed by atoms with E-state index in [-0.39, 0.29) is 18.0 Å². The zero-order valence-electron chi connectivity index (χ0n) is 15.1. The van der Waals surface area contributed by atoms with E-state index in [0.717, 1.165) is 5.01 Å². The lowest BCUT2D eigenvalue weighted by Crippen LogP contribution is -2.36. The van der Waals surface area contributed by atoms with Gasteiger partial charge in [-0.15, -0.1) is 11.3 Å². The molecule has 1 amide bonds.